The Morgan fingerprint density at radius 2 is 1.80 bits per heavy atom. The molecule has 9 nitrogen and oxygen atoms in total. The highest BCUT2D eigenvalue weighted by Gasteiger charge is 2.69. The SMILES string of the molecule is COc1cc(C2c3sc(=O)[nH]c3SC3C4CC(C5C(=O)N(CC(=O)OC(C)C)C(=O)C45)C23)ccc1OCC(C)C. The van der Waals surface area contributed by atoms with Gasteiger partial charge < -0.3 is 19.2 Å². The van der Waals surface area contributed by atoms with Gasteiger partial charge in [0.1, 0.15) is 6.54 Å². The third-order valence-corrected chi connectivity index (χ3v) is 11.2. The van der Waals surface area contributed by atoms with Crippen molar-refractivity contribution in [3.8, 4) is 11.5 Å². The van der Waals surface area contributed by atoms with E-state index in [0.717, 1.165) is 26.8 Å². The molecule has 2 aliphatic heterocycles. The summed E-state index contributed by atoms with van der Waals surface area (Å²) in [6.07, 6.45) is 0.457. The number of aromatic nitrogens is 1. The number of methoxy groups -OCH3 is 1. The number of hydrogen-bond donors (Lipinski definition) is 1. The van der Waals surface area contributed by atoms with Crippen LogP contribution in [0.3, 0.4) is 0 Å². The number of rotatable bonds is 8. The standard InChI is InChI=1S/C29H34N2O7S2/c1-12(2)11-37-17-7-6-14(8-18(17)36-5)20-21-15-9-16(24(21)39-26-25(20)40-29(35)30-26)23-22(15)27(33)31(28(23)34)10-19(32)38-13(3)4/h6-8,12-13,15-16,20-24H,9-11H2,1-5H3,(H,30,35). The smallest absolute Gasteiger partial charge is 0.326 e. The van der Waals surface area contributed by atoms with Gasteiger partial charge in [0.2, 0.25) is 11.8 Å². The predicted octanol–water partition coefficient (Wildman–Crippen LogP) is 3.90. The second kappa shape index (κ2) is 10.2. The lowest BCUT2D eigenvalue weighted by Gasteiger charge is -2.43. The first-order chi connectivity index (χ1) is 19.1. The highest BCUT2D eigenvalue weighted by Crippen LogP contribution is 2.68. The molecule has 2 saturated carbocycles. The van der Waals surface area contributed by atoms with Crippen molar-refractivity contribution < 1.29 is 28.6 Å². The normalized spacial score (nSPS) is 30.1. The van der Waals surface area contributed by atoms with Gasteiger partial charge in [-0.2, -0.15) is 0 Å². The largest absolute Gasteiger partial charge is 0.493 e. The zero-order valence-electron chi connectivity index (χ0n) is 23.2. The number of thioether (sulfide) groups is 1. The first kappa shape index (κ1) is 27.4. The molecule has 0 radical (unpaired) electrons. The average Bonchev–Trinajstić information content (AvgIpc) is 3.62. The van der Waals surface area contributed by atoms with E-state index in [1.807, 2.05) is 18.2 Å². The van der Waals surface area contributed by atoms with Crippen LogP contribution in [0.15, 0.2) is 28.0 Å². The van der Waals surface area contributed by atoms with Gasteiger partial charge in [0.15, 0.2) is 11.5 Å². The molecule has 2 amide bonds. The van der Waals surface area contributed by atoms with Crippen molar-refractivity contribution >= 4 is 40.9 Å². The molecule has 1 N–H and O–H groups in total. The molecule has 2 aliphatic carbocycles. The number of fused-ring (bicyclic) bond motifs is 9. The number of thiazole rings is 1. The van der Waals surface area contributed by atoms with Gasteiger partial charge in [-0.25, -0.2) is 0 Å². The van der Waals surface area contributed by atoms with E-state index >= 15 is 0 Å². The molecule has 0 spiro atoms. The van der Waals surface area contributed by atoms with Gasteiger partial charge in [-0.05, 0) is 61.6 Å². The quantitative estimate of drug-likeness (QED) is 0.366. The molecule has 40 heavy (non-hydrogen) atoms. The van der Waals surface area contributed by atoms with Gasteiger partial charge in [0.05, 0.1) is 36.7 Å². The van der Waals surface area contributed by atoms with Gasteiger partial charge >= 0.3 is 10.8 Å². The minimum absolute atomic E-state index is 0.0119. The number of esters is 1. The number of imide groups is 1. The Bertz CT molecular complexity index is 1420. The van der Waals surface area contributed by atoms with E-state index in [1.54, 1.807) is 32.7 Å². The van der Waals surface area contributed by atoms with Gasteiger partial charge in [-0.1, -0.05) is 31.3 Å². The van der Waals surface area contributed by atoms with Crippen LogP contribution in [0.2, 0.25) is 0 Å². The summed E-state index contributed by atoms with van der Waals surface area (Å²) in [5, 5.41) is 0.912. The van der Waals surface area contributed by atoms with E-state index in [1.165, 1.54) is 11.3 Å². The fourth-order valence-corrected chi connectivity index (χ4v) is 10.2. The third kappa shape index (κ3) is 4.36. The van der Waals surface area contributed by atoms with E-state index in [2.05, 4.69) is 18.8 Å². The highest BCUT2D eigenvalue weighted by molar-refractivity contribution is 8.00. The van der Waals surface area contributed by atoms with Crippen LogP contribution in [-0.4, -0.2) is 59.3 Å². The number of benzene rings is 1. The second-order valence-corrected chi connectivity index (χ2v) is 14.1. The lowest BCUT2D eigenvalue weighted by Crippen LogP contribution is -2.42. The Balaban J connectivity index is 1.36. The number of amides is 2. The van der Waals surface area contributed by atoms with E-state index < -0.39 is 17.8 Å². The number of H-pyrrole nitrogens is 1. The molecule has 214 valence electrons. The summed E-state index contributed by atoms with van der Waals surface area (Å²) in [6, 6.07) is 5.94. The lowest BCUT2D eigenvalue weighted by molar-refractivity contribution is -0.155. The Hall–Kier alpha value is -2.79. The number of ether oxygens (including phenoxy) is 3. The summed E-state index contributed by atoms with van der Waals surface area (Å²) >= 11 is 2.85. The minimum atomic E-state index is -0.569. The second-order valence-electron chi connectivity index (χ2n) is 11.9. The van der Waals surface area contributed by atoms with Crippen molar-refractivity contribution in [2.75, 3.05) is 20.3 Å². The van der Waals surface area contributed by atoms with E-state index in [0.29, 0.717) is 24.0 Å². The van der Waals surface area contributed by atoms with Crippen LogP contribution in [0.4, 0.5) is 0 Å². The van der Waals surface area contributed by atoms with Gasteiger partial charge in [-0.15, -0.1) is 11.8 Å². The third-order valence-electron chi connectivity index (χ3n) is 8.59. The molecule has 4 aliphatic rings. The number of likely N-dealkylation sites (tertiary alicyclic amines) is 1. The number of carbonyl (C=O) groups excluding carboxylic acids is 3. The molecule has 7 atom stereocenters. The van der Waals surface area contributed by atoms with Crippen molar-refractivity contribution in [3.63, 3.8) is 0 Å². The highest BCUT2D eigenvalue weighted by atomic mass is 32.2. The Labute approximate surface area is 240 Å². The summed E-state index contributed by atoms with van der Waals surface area (Å²) in [6.45, 7) is 7.87. The molecule has 1 aromatic heterocycles. The maximum Gasteiger partial charge on any atom is 0.326 e. The van der Waals surface area contributed by atoms with Crippen LogP contribution in [0.5, 0.6) is 11.5 Å². The van der Waals surface area contributed by atoms with Gasteiger partial charge in [-0.3, -0.25) is 24.1 Å². The van der Waals surface area contributed by atoms with Crippen LogP contribution < -0.4 is 14.3 Å². The summed E-state index contributed by atoms with van der Waals surface area (Å²) in [5.41, 5.74) is 0.999. The molecule has 1 saturated heterocycles. The molecular weight excluding hydrogens is 552 g/mol. The van der Waals surface area contributed by atoms with Gasteiger partial charge in [0.25, 0.3) is 0 Å². The number of nitrogens with one attached hydrogen (secondary N) is 1. The van der Waals surface area contributed by atoms with Crippen LogP contribution >= 0.6 is 23.1 Å². The van der Waals surface area contributed by atoms with Crippen molar-refractivity contribution in [1.82, 2.24) is 9.88 Å². The molecule has 2 bridgehead atoms. The summed E-state index contributed by atoms with van der Waals surface area (Å²) in [5.74, 6) is -0.466. The zero-order valence-corrected chi connectivity index (χ0v) is 24.8. The van der Waals surface area contributed by atoms with Crippen molar-refractivity contribution in [1.29, 1.82) is 0 Å². The summed E-state index contributed by atoms with van der Waals surface area (Å²) < 4.78 is 16.9. The first-order valence-electron chi connectivity index (χ1n) is 13.8. The van der Waals surface area contributed by atoms with Crippen LogP contribution in [-0.2, 0) is 19.1 Å². The monoisotopic (exact) mass is 586 g/mol. The molecular formula is C29H34N2O7S2. The fraction of sp³-hybridized carbons (Fsp3) is 0.586. The maximum atomic E-state index is 13.6. The zero-order chi connectivity index (χ0) is 28.5. The minimum Gasteiger partial charge on any atom is -0.493 e. The van der Waals surface area contributed by atoms with E-state index in [4.69, 9.17) is 14.2 Å². The number of carbonyl (C=O) groups is 3. The molecule has 7 unspecified atom stereocenters. The Kier molecular flexibility index (Phi) is 7.01. The maximum absolute atomic E-state index is 13.6. The number of nitrogens with zero attached hydrogens (tertiary/aromatic N) is 1. The van der Waals surface area contributed by atoms with Gasteiger partial charge in [0, 0.05) is 16.0 Å². The predicted molar refractivity (Wildman–Crippen MR) is 150 cm³/mol. The number of hydrogen-bond acceptors (Lipinski definition) is 9. The Morgan fingerprint density at radius 1 is 1.07 bits per heavy atom. The molecule has 1 aromatic carbocycles. The molecule has 6 rings (SSSR count). The molecule has 2 aromatic rings. The Morgan fingerprint density at radius 3 is 2.48 bits per heavy atom. The first-order valence-corrected chi connectivity index (χ1v) is 15.5. The van der Waals surface area contributed by atoms with Crippen LogP contribution in [0.25, 0.3) is 0 Å². The molecule has 3 fully saturated rings. The van der Waals surface area contributed by atoms with E-state index in [9.17, 15) is 19.2 Å². The van der Waals surface area contributed by atoms with Crippen LogP contribution in [0, 0.1) is 35.5 Å². The lowest BCUT2D eigenvalue weighted by atomic mass is 9.68. The van der Waals surface area contributed by atoms with Crippen molar-refractivity contribution in [2.45, 2.75) is 56.4 Å². The van der Waals surface area contributed by atoms with Crippen molar-refractivity contribution in [2.24, 2.45) is 35.5 Å². The topological polar surface area (TPSA) is 115 Å². The number of aromatic amines is 1. The average molecular weight is 587 g/mol. The fourth-order valence-electron chi connectivity index (χ4n) is 7.29. The van der Waals surface area contributed by atoms with Crippen LogP contribution in [0.1, 0.15) is 50.5 Å². The summed E-state index contributed by atoms with van der Waals surface area (Å²) in [4.78, 5) is 57.1. The molecule has 3 heterocycles. The molecule has 11 heteroatoms. The van der Waals surface area contributed by atoms with Crippen molar-refractivity contribution in [3.05, 3.63) is 38.3 Å². The van der Waals surface area contributed by atoms with E-state index in [-0.39, 0.29) is 58.3 Å². The summed E-state index contributed by atoms with van der Waals surface area (Å²) in [7, 11) is 1.62.